The topological polar surface area (TPSA) is 23.5 Å². The van der Waals surface area contributed by atoms with E-state index in [2.05, 4.69) is 53.4 Å². The van der Waals surface area contributed by atoms with Gasteiger partial charge in [0.25, 0.3) is 0 Å². The Bertz CT molecular complexity index is 882. The van der Waals surface area contributed by atoms with Gasteiger partial charge in [-0.15, -0.1) is 0 Å². The van der Waals surface area contributed by atoms with Crippen LogP contribution in [0.25, 0.3) is 11.1 Å². The molecule has 130 valence electrons. The highest BCUT2D eigenvalue weighted by Gasteiger charge is 2.53. The summed E-state index contributed by atoms with van der Waals surface area (Å²) in [6.07, 6.45) is 1.77. The first-order chi connectivity index (χ1) is 12.8. The quantitative estimate of drug-likeness (QED) is 0.744. The lowest BCUT2D eigenvalue weighted by atomic mass is 9.77. The molecule has 2 heteroatoms. The Morgan fingerprint density at radius 2 is 1.19 bits per heavy atom. The van der Waals surface area contributed by atoms with Crippen LogP contribution in [0, 0.1) is 0 Å². The molecule has 0 amide bonds. The maximum absolute atomic E-state index is 11.8. The van der Waals surface area contributed by atoms with Crippen LogP contribution in [0.2, 0.25) is 0 Å². The second-order valence-corrected chi connectivity index (χ2v) is 7.36. The van der Waals surface area contributed by atoms with Gasteiger partial charge in [0.05, 0.1) is 0 Å². The number of aliphatic hydroxyl groups excluding tert-OH is 1. The molecule has 0 bridgehead atoms. The summed E-state index contributed by atoms with van der Waals surface area (Å²) in [7, 11) is 0. The zero-order valence-corrected chi connectivity index (χ0v) is 14.8. The zero-order valence-electron chi connectivity index (χ0n) is 14.8. The van der Waals surface area contributed by atoms with Crippen LogP contribution in [-0.2, 0) is 5.54 Å². The molecule has 2 nitrogen and oxygen atoms in total. The Kier molecular flexibility index (Phi) is 3.70. The molecular formula is C24H23NO. The average molecular weight is 341 g/mol. The van der Waals surface area contributed by atoms with Gasteiger partial charge >= 0.3 is 0 Å². The van der Waals surface area contributed by atoms with Gasteiger partial charge in [0.1, 0.15) is 11.6 Å². The first kappa shape index (κ1) is 15.8. The molecule has 1 saturated heterocycles. The Balaban J connectivity index is 1.82. The van der Waals surface area contributed by atoms with Crippen molar-refractivity contribution < 1.29 is 5.11 Å². The van der Waals surface area contributed by atoms with Crippen LogP contribution in [0.4, 0.5) is 0 Å². The van der Waals surface area contributed by atoms with Crippen molar-refractivity contribution in [3.05, 3.63) is 95.6 Å². The van der Waals surface area contributed by atoms with E-state index in [4.69, 9.17) is 0 Å². The van der Waals surface area contributed by atoms with E-state index in [1.807, 2.05) is 30.3 Å². The van der Waals surface area contributed by atoms with Crippen molar-refractivity contribution in [2.45, 2.75) is 24.5 Å². The molecule has 1 aliphatic carbocycles. The second kappa shape index (κ2) is 6.08. The van der Waals surface area contributed by atoms with Crippen molar-refractivity contribution in [3.63, 3.8) is 0 Å². The average Bonchev–Trinajstić information content (AvgIpc) is 3.34. The monoisotopic (exact) mass is 341 g/mol. The van der Waals surface area contributed by atoms with E-state index < -0.39 is 11.6 Å². The van der Waals surface area contributed by atoms with E-state index in [1.54, 1.807) is 0 Å². The predicted octanol–water partition coefficient (Wildman–Crippen LogP) is 4.74. The van der Waals surface area contributed by atoms with E-state index in [9.17, 15) is 5.11 Å². The van der Waals surface area contributed by atoms with Crippen molar-refractivity contribution in [2.24, 2.45) is 0 Å². The summed E-state index contributed by atoms with van der Waals surface area (Å²) < 4.78 is 0. The van der Waals surface area contributed by atoms with E-state index in [0.717, 1.165) is 18.7 Å². The minimum Gasteiger partial charge on any atom is -0.386 e. The molecule has 0 unspecified atom stereocenters. The maximum Gasteiger partial charge on any atom is 0.106 e. The Hall–Kier alpha value is -2.42. The minimum absolute atomic E-state index is 0.509. The van der Waals surface area contributed by atoms with Gasteiger partial charge in [0.2, 0.25) is 0 Å². The van der Waals surface area contributed by atoms with E-state index in [0.29, 0.717) is 0 Å². The number of aliphatic hydroxyl groups is 1. The largest absolute Gasteiger partial charge is 0.386 e. The molecule has 0 radical (unpaired) electrons. The Morgan fingerprint density at radius 1 is 0.692 bits per heavy atom. The third-order valence-corrected chi connectivity index (χ3v) is 6.08. The molecule has 1 fully saturated rings. The lowest BCUT2D eigenvalue weighted by Gasteiger charge is -2.44. The summed E-state index contributed by atoms with van der Waals surface area (Å²) in [4.78, 5) is 2.51. The molecule has 0 saturated carbocycles. The van der Waals surface area contributed by atoms with Gasteiger partial charge in [-0.2, -0.15) is 0 Å². The van der Waals surface area contributed by atoms with Crippen LogP contribution in [0.5, 0.6) is 0 Å². The standard InChI is InChI=1S/C24H23NO/c26-23(18-10-2-1-3-11-18)24(25-16-8-9-17-25)21-14-6-4-12-19(21)20-13-5-7-15-22(20)24/h1-7,10-15,23,26H,8-9,16-17H2/t23-/m0/s1. The molecule has 3 aromatic rings. The van der Waals surface area contributed by atoms with Gasteiger partial charge in [-0.05, 0) is 53.7 Å². The van der Waals surface area contributed by atoms with Crippen LogP contribution < -0.4 is 0 Å². The molecule has 1 aliphatic heterocycles. The number of fused-ring (bicyclic) bond motifs is 3. The molecule has 1 N–H and O–H groups in total. The van der Waals surface area contributed by atoms with Crippen molar-refractivity contribution in [1.29, 1.82) is 0 Å². The highest BCUT2D eigenvalue weighted by molar-refractivity contribution is 5.81. The molecule has 1 atom stereocenters. The highest BCUT2D eigenvalue weighted by Crippen LogP contribution is 2.57. The number of likely N-dealkylation sites (tertiary alicyclic amines) is 1. The van der Waals surface area contributed by atoms with Crippen molar-refractivity contribution in [2.75, 3.05) is 13.1 Å². The fourth-order valence-corrected chi connectivity index (χ4v) is 5.00. The number of hydrogen-bond donors (Lipinski definition) is 1. The summed E-state index contributed by atoms with van der Waals surface area (Å²) in [6.45, 7) is 2.04. The second-order valence-electron chi connectivity index (χ2n) is 7.36. The maximum atomic E-state index is 11.8. The van der Waals surface area contributed by atoms with E-state index in [1.165, 1.54) is 35.1 Å². The Labute approximate surface area is 154 Å². The number of benzene rings is 3. The lowest BCUT2D eigenvalue weighted by molar-refractivity contribution is 0.00339. The van der Waals surface area contributed by atoms with Crippen molar-refractivity contribution in [1.82, 2.24) is 4.90 Å². The van der Waals surface area contributed by atoms with Gasteiger partial charge in [-0.3, -0.25) is 4.90 Å². The van der Waals surface area contributed by atoms with E-state index in [-0.39, 0.29) is 0 Å². The number of nitrogens with zero attached hydrogens (tertiary/aromatic N) is 1. The van der Waals surface area contributed by atoms with Crippen LogP contribution in [-0.4, -0.2) is 23.1 Å². The summed E-state index contributed by atoms with van der Waals surface area (Å²) in [5.74, 6) is 0. The normalized spacial score (nSPS) is 19.1. The smallest absolute Gasteiger partial charge is 0.106 e. The third kappa shape index (κ3) is 2.06. The molecular weight excluding hydrogens is 318 g/mol. The highest BCUT2D eigenvalue weighted by atomic mass is 16.3. The van der Waals surface area contributed by atoms with Gasteiger partial charge in [0, 0.05) is 0 Å². The number of rotatable bonds is 3. The lowest BCUT2D eigenvalue weighted by Crippen LogP contribution is -2.48. The first-order valence-electron chi connectivity index (χ1n) is 9.51. The van der Waals surface area contributed by atoms with Gasteiger partial charge in [-0.25, -0.2) is 0 Å². The van der Waals surface area contributed by atoms with E-state index >= 15 is 0 Å². The van der Waals surface area contributed by atoms with Crippen molar-refractivity contribution >= 4 is 0 Å². The van der Waals surface area contributed by atoms with Crippen LogP contribution in [0.1, 0.15) is 35.6 Å². The van der Waals surface area contributed by atoms with Crippen LogP contribution in [0.3, 0.4) is 0 Å². The van der Waals surface area contributed by atoms with Gasteiger partial charge < -0.3 is 5.11 Å². The molecule has 2 aliphatic rings. The Morgan fingerprint density at radius 3 is 1.77 bits per heavy atom. The minimum atomic E-state index is -0.605. The molecule has 5 rings (SSSR count). The fraction of sp³-hybridized carbons (Fsp3) is 0.250. The SMILES string of the molecule is O[C@@H](c1ccccc1)C1(N2CCCC2)c2ccccc2-c2ccccc21. The van der Waals surface area contributed by atoms with Crippen LogP contribution >= 0.6 is 0 Å². The fourth-order valence-electron chi connectivity index (χ4n) is 5.00. The summed E-state index contributed by atoms with van der Waals surface area (Å²) >= 11 is 0. The summed E-state index contributed by atoms with van der Waals surface area (Å²) in [6, 6.07) is 27.4. The zero-order chi connectivity index (χ0) is 17.6. The molecule has 0 aromatic heterocycles. The third-order valence-electron chi connectivity index (χ3n) is 6.08. The van der Waals surface area contributed by atoms with Gasteiger partial charge in [0.15, 0.2) is 0 Å². The molecule has 26 heavy (non-hydrogen) atoms. The number of hydrogen-bond acceptors (Lipinski definition) is 2. The molecule has 1 heterocycles. The molecule has 3 aromatic carbocycles. The molecule has 0 spiro atoms. The van der Waals surface area contributed by atoms with Crippen LogP contribution in [0.15, 0.2) is 78.9 Å². The summed E-state index contributed by atoms with van der Waals surface area (Å²) in [5.41, 5.74) is 5.45. The first-order valence-corrected chi connectivity index (χ1v) is 9.51. The van der Waals surface area contributed by atoms with Crippen molar-refractivity contribution in [3.8, 4) is 11.1 Å². The summed E-state index contributed by atoms with van der Waals surface area (Å²) in [5, 5.41) is 11.8. The van der Waals surface area contributed by atoms with Gasteiger partial charge in [-0.1, -0.05) is 78.9 Å². The predicted molar refractivity (Wildman–Crippen MR) is 105 cm³/mol.